The number of amides is 3. The number of benzene rings is 3. The van der Waals surface area contributed by atoms with Gasteiger partial charge in [0.2, 0.25) is 5.91 Å². The molecule has 0 atom stereocenters. The minimum Gasteiger partial charge on any atom is -0.325 e. The predicted octanol–water partition coefficient (Wildman–Crippen LogP) is 3.06. The van der Waals surface area contributed by atoms with Crippen molar-refractivity contribution in [2.45, 2.75) is 17.7 Å². The zero-order chi connectivity index (χ0) is 23.9. The molecule has 0 spiro atoms. The van der Waals surface area contributed by atoms with Crippen molar-refractivity contribution in [3.8, 4) is 0 Å². The van der Waals surface area contributed by atoms with Gasteiger partial charge in [0.25, 0.3) is 21.8 Å². The van der Waals surface area contributed by atoms with Gasteiger partial charge < -0.3 is 5.32 Å². The lowest BCUT2D eigenvalue weighted by atomic mass is 10.0. The van der Waals surface area contributed by atoms with Gasteiger partial charge in [0.05, 0.1) is 21.7 Å². The third kappa shape index (κ3) is 3.73. The van der Waals surface area contributed by atoms with Crippen molar-refractivity contribution >= 4 is 39.1 Å². The summed E-state index contributed by atoms with van der Waals surface area (Å²) in [6, 6.07) is 19.7. The molecule has 2 aliphatic rings. The second-order valence-corrected chi connectivity index (χ2v) is 9.99. The maximum absolute atomic E-state index is 13.3. The Morgan fingerprint density at radius 2 is 1.47 bits per heavy atom. The number of rotatable bonds is 5. The number of anilines is 2. The van der Waals surface area contributed by atoms with Crippen molar-refractivity contribution in [3.05, 3.63) is 89.5 Å². The van der Waals surface area contributed by atoms with E-state index in [1.165, 1.54) is 28.6 Å². The highest BCUT2D eigenvalue weighted by atomic mass is 32.2. The molecular formula is C25H21N3O5S. The van der Waals surface area contributed by atoms with Crippen LogP contribution in [0.1, 0.15) is 32.7 Å². The normalized spacial score (nSPS) is 15.2. The number of fused-ring (bicyclic) bond motifs is 2. The zero-order valence-corrected chi connectivity index (χ0v) is 18.9. The van der Waals surface area contributed by atoms with Crippen LogP contribution in [0.4, 0.5) is 11.4 Å². The van der Waals surface area contributed by atoms with E-state index in [4.69, 9.17) is 0 Å². The number of hydrogen-bond acceptors (Lipinski definition) is 5. The molecule has 0 saturated heterocycles. The molecule has 3 amide bonds. The molecule has 8 nitrogen and oxygen atoms in total. The Morgan fingerprint density at radius 1 is 0.853 bits per heavy atom. The molecule has 0 unspecified atom stereocenters. The Hall–Kier alpha value is -3.98. The van der Waals surface area contributed by atoms with Crippen LogP contribution in [-0.4, -0.2) is 44.1 Å². The minimum atomic E-state index is -3.76. The summed E-state index contributed by atoms with van der Waals surface area (Å²) in [5.41, 5.74) is 2.59. The maximum Gasteiger partial charge on any atom is 0.264 e. The lowest BCUT2D eigenvalue weighted by molar-refractivity contribution is -0.116. The van der Waals surface area contributed by atoms with E-state index in [1.807, 2.05) is 18.2 Å². The van der Waals surface area contributed by atoms with E-state index in [2.05, 4.69) is 5.32 Å². The average Bonchev–Trinajstić information content (AvgIpc) is 3.09. The van der Waals surface area contributed by atoms with Crippen LogP contribution >= 0.6 is 0 Å². The highest BCUT2D eigenvalue weighted by Gasteiger charge is 2.36. The number of carbonyl (C=O) groups excluding carboxylic acids is 3. The highest BCUT2D eigenvalue weighted by molar-refractivity contribution is 7.92. The van der Waals surface area contributed by atoms with Crippen molar-refractivity contribution < 1.29 is 22.8 Å². The molecule has 0 bridgehead atoms. The van der Waals surface area contributed by atoms with Crippen molar-refractivity contribution in [1.29, 1.82) is 0 Å². The number of imide groups is 1. The van der Waals surface area contributed by atoms with E-state index >= 15 is 0 Å². The minimum absolute atomic E-state index is 0.113. The lowest BCUT2D eigenvalue weighted by Crippen LogP contribution is -2.37. The second-order valence-electron chi connectivity index (χ2n) is 8.12. The molecule has 0 fully saturated rings. The lowest BCUT2D eigenvalue weighted by Gasteiger charge is -2.30. The number of hydrogen-bond donors (Lipinski definition) is 1. The molecular weight excluding hydrogens is 454 g/mol. The van der Waals surface area contributed by atoms with Gasteiger partial charge in [-0.1, -0.05) is 30.3 Å². The van der Waals surface area contributed by atoms with Gasteiger partial charge in [0.15, 0.2) is 0 Å². The molecule has 5 rings (SSSR count). The SMILES string of the molecule is O=C(CN1C(=O)c2ccccc2C1=O)Nc1ccc(S(=O)(=O)N2CCCc3ccccc32)cc1. The molecule has 0 aromatic heterocycles. The molecule has 9 heteroatoms. The first-order chi connectivity index (χ1) is 16.4. The van der Waals surface area contributed by atoms with Crippen molar-refractivity contribution in [1.82, 2.24) is 4.90 Å². The molecule has 172 valence electrons. The molecule has 3 aromatic rings. The fraction of sp³-hybridized carbons (Fsp3) is 0.160. The van der Waals surface area contributed by atoms with Crippen LogP contribution in [0.5, 0.6) is 0 Å². The summed E-state index contributed by atoms with van der Waals surface area (Å²) in [7, 11) is -3.76. The van der Waals surface area contributed by atoms with E-state index in [0.717, 1.165) is 23.3 Å². The van der Waals surface area contributed by atoms with Gasteiger partial charge in [0.1, 0.15) is 6.54 Å². The van der Waals surface area contributed by atoms with Crippen LogP contribution in [-0.2, 0) is 21.2 Å². The monoisotopic (exact) mass is 475 g/mol. The number of carbonyl (C=O) groups is 3. The third-order valence-corrected chi connectivity index (χ3v) is 7.80. The van der Waals surface area contributed by atoms with Gasteiger partial charge in [-0.05, 0) is 60.9 Å². The van der Waals surface area contributed by atoms with Crippen LogP contribution in [0.2, 0.25) is 0 Å². The van der Waals surface area contributed by atoms with Gasteiger partial charge in [-0.25, -0.2) is 8.42 Å². The topological polar surface area (TPSA) is 104 Å². The number of nitrogens with zero attached hydrogens (tertiary/aromatic N) is 2. The van der Waals surface area contributed by atoms with Crippen LogP contribution < -0.4 is 9.62 Å². The number of nitrogens with one attached hydrogen (secondary N) is 1. The van der Waals surface area contributed by atoms with E-state index in [-0.39, 0.29) is 16.0 Å². The Balaban J connectivity index is 1.29. The summed E-state index contributed by atoms with van der Waals surface area (Å²) >= 11 is 0. The summed E-state index contributed by atoms with van der Waals surface area (Å²) in [5.74, 6) is -1.59. The van der Waals surface area contributed by atoms with Crippen LogP contribution in [0.3, 0.4) is 0 Å². The Morgan fingerprint density at radius 3 is 2.15 bits per heavy atom. The van der Waals surface area contributed by atoms with E-state index in [9.17, 15) is 22.8 Å². The number of para-hydroxylation sites is 1. The molecule has 34 heavy (non-hydrogen) atoms. The molecule has 0 aliphatic carbocycles. The van der Waals surface area contributed by atoms with Crippen molar-refractivity contribution in [3.63, 3.8) is 0 Å². The molecule has 0 saturated carbocycles. The summed E-state index contributed by atoms with van der Waals surface area (Å²) in [6.45, 7) is -0.0327. The van der Waals surface area contributed by atoms with E-state index in [1.54, 1.807) is 30.3 Å². The maximum atomic E-state index is 13.3. The predicted molar refractivity (Wildman–Crippen MR) is 126 cm³/mol. The van der Waals surface area contributed by atoms with Gasteiger partial charge in [-0.2, -0.15) is 0 Å². The van der Waals surface area contributed by atoms with Crippen LogP contribution in [0.25, 0.3) is 0 Å². The first kappa shape index (κ1) is 21.8. The first-order valence-electron chi connectivity index (χ1n) is 10.8. The zero-order valence-electron chi connectivity index (χ0n) is 18.1. The molecule has 2 aliphatic heterocycles. The molecule has 2 heterocycles. The molecule has 3 aromatic carbocycles. The second kappa shape index (κ2) is 8.42. The average molecular weight is 476 g/mol. The largest absolute Gasteiger partial charge is 0.325 e. The smallest absolute Gasteiger partial charge is 0.264 e. The van der Waals surface area contributed by atoms with Crippen molar-refractivity contribution in [2.24, 2.45) is 0 Å². The van der Waals surface area contributed by atoms with Crippen LogP contribution in [0, 0.1) is 0 Å². The summed E-state index contributed by atoms with van der Waals surface area (Å²) in [6.07, 6.45) is 1.57. The van der Waals surface area contributed by atoms with Gasteiger partial charge >= 0.3 is 0 Å². The standard InChI is InChI=1S/C25H21N3O5S/c29-23(16-27-24(30)20-8-2-3-9-21(20)25(27)31)26-18-11-13-19(14-12-18)34(32,33)28-15-5-7-17-6-1-4-10-22(17)28/h1-4,6,8-14H,5,7,15-16H2,(H,26,29). The van der Waals surface area contributed by atoms with Gasteiger partial charge in [-0.3, -0.25) is 23.6 Å². The van der Waals surface area contributed by atoms with E-state index in [0.29, 0.717) is 17.9 Å². The molecule has 0 radical (unpaired) electrons. The van der Waals surface area contributed by atoms with E-state index < -0.39 is 34.3 Å². The Bertz CT molecular complexity index is 1380. The summed E-state index contributed by atoms with van der Waals surface area (Å²) in [4.78, 5) is 38.4. The Labute approximate surface area is 196 Å². The number of aryl methyl sites for hydroxylation is 1. The highest BCUT2D eigenvalue weighted by Crippen LogP contribution is 2.32. The fourth-order valence-corrected chi connectivity index (χ4v) is 5.85. The van der Waals surface area contributed by atoms with Gasteiger partial charge in [-0.15, -0.1) is 0 Å². The Kier molecular flexibility index (Phi) is 5.41. The van der Waals surface area contributed by atoms with Crippen molar-refractivity contribution in [2.75, 3.05) is 22.7 Å². The quantitative estimate of drug-likeness (QED) is 0.571. The van der Waals surface area contributed by atoms with Gasteiger partial charge in [0, 0.05) is 12.2 Å². The summed E-state index contributed by atoms with van der Waals surface area (Å²) in [5, 5.41) is 2.62. The van der Waals surface area contributed by atoms with Crippen LogP contribution in [0.15, 0.2) is 77.7 Å². The third-order valence-electron chi connectivity index (χ3n) is 5.97. The number of sulfonamides is 1. The summed E-state index contributed by atoms with van der Waals surface area (Å²) < 4.78 is 27.9. The molecule has 1 N–H and O–H groups in total. The fourth-order valence-electron chi connectivity index (χ4n) is 4.31. The first-order valence-corrected chi connectivity index (χ1v) is 12.3.